The van der Waals surface area contributed by atoms with Crippen LogP contribution in [-0.2, 0) is 4.79 Å². The molecule has 4 rings (SSSR count). The Balaban J connectivity index is 1.61. The number of hydrogen-bond donors (Lipinski definition) is 2. The highest BCUT2D eigenvalue weighted by atomic mass is 16.2. The summed E-state index contributed by atoms with van der Waals surface area (Å²) in [6, 6.07) is 20.3. The van der Waals surface area contributed by atoms with E-state index in [1.165, 1.54) is 12.8 Å². The smallest absolute Gasteiger partial charge is 0.233 e. The molecule has 0 bridgehead atoms. The molecule has 0 radical (unpaired) electrons. The van der Waals surface area contributed by atoms with E-state index in [9.17, 15) is 4.79 Å². The highest BCUT2D eigenvalue weighted by Gasteiger charge is 2.32. The maximum absolute atomic E-state index is 13.0. The summed E-state index contributed by atoms with van der Waals surface area (Å²) < 4.78 is 0. The van der Waals surface area contributed by atoms with Crippen LogP contribution in [-0.4, -0.2) is 10.9 Å². The monoisotopic (exact) mass is 318 g/mol. The van der Waals surface area contributed by atoms with Gasteiger partial charge in [0.1, 0.15) is 5.82 Å². The molecule has 3 nitrogen and oxygen atoms in total. The summed E-state index contributed by atoms with van der Waals surface area (Å²) in [5.41, 5.74) is 2.17. The van der Waals surface area contributed by atoms with Crippen LogP contribution >= 0.6 is 0 Å². The SMILES string of the molecule is O=C(Nc1cc2ccccc2[nH]1)C(c1ccccc1)C1CCCC1. The summed E-state index contributed by atoms with van der Waals surface area (Å²) in [6.07, 6.45) is 4.74. The van der Waals surface area contributed by atoms with Gasteiger partial charge in [-0.05, 0) is 36.5 Å². The predicted octanol–water partition coefficient (Wildman–Crippen LogP) is 5.08. The molecule has 0 aliphatic heterocycles. The second-order valence-electron chi connectivity index (χ2n) is 6.69. The average molecular weight is 318 g/mol. The van der Waals surface area contributed by atoms with E-state index in [0.717, 1.165) is 35.1 Å². The predicted molar refractivity (Wildman–Crippen MR) is 98.1 cm³/mol. The molecule has 1 saturated carbocycles. The van der Waals surface area contributed by atoms with Crippen molar-refractivity contribution in [1.29, 1.82) is 0 Å². The summed E-state index contributed by atoms with van der Waals surface area (Å²) in [7, 11) is 0. The quantitative estimate of drug-likeness (QED) is 0.692. The molecule has 1 heterocycles. The Morgan fingerprint density at radius 1 is 1.00 bits per heavy atom. The van der Waals surface area contributed by atoms with Crippen molar-refractivity contribution in [1.82, 2.24) is 4.98 Å². The Hall–Kier alpha value is -2.55. The summed E-state index contributed by atoms with van der Waals surface area (Å²) in [4.78, 5) is 16.3. The molecule has 2 aromatic carbocycles. The van der Waals surface area contributed by atoms with E-state index >= 15 is 0 Å². The van der Waals surface area contributed by atoms with Crippen molar-refractivity contribution in [2.24, 2.45) is 5.92 Å². The highest BCUT2D eigenvalue weighted by molar-refractivity contribution is 5.97. The number of H-pyrrole nitrogens is 1. The van der Waals surface area contributed by atoms with Crippen LogP contribution in [0.4, 0.5) is 5.82 Å². The number of aromatic amines is 1. The molecule has 1 aromatic heterocycles. The first kappa shape index (κ1) is 15.0. The molecular formula is C21H22N2O. The van der Waals surface area contributed by atoms with Gasteiger partial charge in [0.05, 0.1) is 5.92 Å². The van der Waals surface area contributed by atoms with Gasteiger partial charge in [-0.3, -0.25) is 4.79 Å². The van der Waals surface area contributed by atoms with Crippen LogP contribution in [0.2, 0.25) is 0 Å². The van der Waals surface area contributed by atoms with Gasteiger partial charge in [-0.1, -0.05) is 61.4 Å². The van der Waals surface area contributed by atoms with Crippen molar-refractivity contribution in [2.45, 2.75) is 31.6 Å². The number of anilines is 1. The number of carbonyl (C=O) groups excluding carboxylic acids is 1. The number of nitrogens with one attached hydrogen (secondary N) is 2. The average Bonchev–Trinajstić information content (AvgIpc) is 3.25. The Labute approximate surface area is 142 Å². The van der Waals surface area contributed by atoms with Crippen LogP contribution in [0, 0.1) is 5.92 Å². The second kappa shape index (κ2) is 6.52. The summed E-state index contributed by atoms with van der Waals surface area (Å²) >= 11 is 0. The number of hydrogen-bond acceptors (Lipinski definition) is 1. The molecule has 0 spiro atoms. The number of para-hydroxylation sites is 1. The number of amides is 1. The molecular weight excluding hydrogens is 296 g/mol. The lowest BCUT2D eigenvalue weighted by Crippen LogP contribution is -2.26. The molecule has 3 heteroatoms. The molecule has 24 heavy (non-hydrogen) atoms. The minimum Gasteiger partial charge on any atom is -0.341 e. The minimum absolute atomic E-state index is 0.0693. The van der Waals surface area contributed by atoms with E-state index in [0.29, 0.717) is 5.92 Å². The molecule has 3 aromatic rings. The number of fused-ring (bicyclic) bond motifs is 1. The first-order valence-corrected chi connectivity index (χ1v) is 8.75. The van der Waals surface area contributed by atoms with E-state index in [2.05, 4.69) is 22.4 Å². The van der Waals surface area contributed by atoms with Crippen molar-refractivity contribution < 1.29 is 4.79 Å². The van der Waals surface area contributed by atoms with Crippen molar-refractivity contribution in [3.8, 4) is 0 Å². The number of aromatic nitrogens is 1. The van der Waals surface area contributed by atoms with Crippen molar-refractivity contribution in [2.75, 3.05) is 5.32 Å². The van der Waals surface area contributed by atoms with Crippen LogP contribution < -0.4 is 5.32 Å². The first-order valence-electron chi connectivity index (χ1n) is 8.75. The van der Waals surface area contributed by atoms with Crippen molar-refractivity contribution in [3.63, 3.8) is 0 Å². The first-order chi connectivity index (χ1) is 11.8. The van der Waals surface area contributed by atoms with Gasteiger partial charge in [0.25, 0.3) is 0 Å². The summed E-state index contributed by atoms with van der Waals surface area (Å²) in [6.45, 7) is 0. The number of carbonyl (C=O) groups is 1. The fraction of sp³-hybridized carbons (Fsp3) is 0.286. The van der Waals surface area contributed by atoms with Gasteiger partial charge >= 0.3 is 0 Å². The minimum atomic E-state index is -0.0693. The van der Waals surface area contributed by atoms with Gasteiger partial charge < -0.3 is 10.3 Å². The normalized spacial score (nSPS) is 16.3. The van der Waals surface area contributed by atoms with Crippen molar-refractivity contribution in [3.05, 3.63) is 66.2 Å². The largest absolute Gasteiger partial charge is 0.341 e. The van der Waals surface area contributed by atoms with E-state index in [1.807, 2.05) is 48.5 Å². The lowest BCUT2D eigenvalue weighted by atomic mass is 9.84. The standard InChI is InChI=1S/C21H22N2O/c24-21(23-19-14-17-12-6-7-13-18(17)22-19)20(16-10-4-5-11-16)15-8-2-1-3-9-15/h1-3,6-9,12-14,16,20,22H,4-5,10-11H2,(H,23,24). The van der Waals surface area contributed by atoms with E-state index in [4.69, 9.17) is 0 Å². The van der Waals surface area contributed by atoms with Gasteiger partial charge in [0.15, 0.2) is 0 Å². The van der Waals surface area contributed by atoms with Gasteiger partial charge in [0.2, 0.25) is 5.91 Å². The highest BCUT2D eigenvalue weighted by Crippen LogP contribution is 2.38. The van der Waals surface area contributed by atoms with Crippen molar-refractivity contribution >= 4 is 22.6 Å². The van der Waals surface area contributed by atoms with Crippen LogP contribution in [0.25, 0.3) is 10.9 Å². The Morgan fingerprint density at radius 2 is 1.71 bits per heavy atom. The van der Waals surface area contributed by atoms with Crippen LogP contribution in [0.3, 0.4) is 0 Å². The van der Waals surface area contributed by atoms with Crippen LogP contribution in [0.1, 0.15) is 37.2 Å². The van der Waals surface area contributed by atoms with Gasteiger partial charge in [-0.2, -0.15) is 0 Å². The van der Waals surface area contributed by atoms with Gasteiger partial charge in [-0.15, -0.1) is 0 Å². The zero-order valence-corrected chi connectivity index (χ0v) is 13.7. The summed E-state index contributed by atoms with van der Waals surface area (Å²) in [5.74, 6) is 1.25. The zero-order valence-electron chi connectivity index (χ0n) is 13.7. The molecule has 0 saturated heterocycles. The van der Waals surface area contributed by atoms with Crippen LogP contribution in [0.15, 0.2) is 60.7 Å². The third kappa shape index (κ3) is 2.94. The van der Waals surface area contributed by atoms with Gasteiger partial charge in [0, 0.05) is 10.9 Å². The Kier molecular flexibility index (Phi) is 4.08. The van der Waals surface area contributed by atoms with E-state index < -0.39 is 0 Å². The lowest BCUT2D eigenvalue weighted by Gasteiger charge is -2.22. The molecule has 2 N–H and O–H groups in total. The number of benzene rings is 2. The molecule has 1 amide bonds. The Bertz CT molecular complexity index is 798. The summed E-state index contributed by atoms with van der Waals surface area (Å²) in [5, 5.41) is 4.23. The molecule has 1 aliphatic carbocycles. The third-order valence-corrected chi connectivity index (χ3v) is 5.10. The molecule has 1 aliphatic rings. The third-order valence-electron chi connectivity index (χ3n) is 5.10. The van der Waals surface area contributed by atoms with E-state index in [-0.39, 0.29) is 11.8 Å². The molecule has 1 fully saturated rings. The molecule has 1 unspecified atom stereocenters. The molecule has 122 valence electrons. The maximum Gasteiger partial charge on any atom is 0.233 e. The topological polar surface area (TPSA) is 44.9 Å². The number of rotatable bonds is 4. The zero-order chi connectivity index (χ0) is 16.4. The lowest BCUT2D eigenvalue weighted by molar-refractivity contribution is -0.118. The Morgan fingerprint density at radius 3 is 2.46 bits per heavy atom. The maximum atomic E-state index is 13.0. The van der Waals surface area contributed by atoms with Gasteiger partial charge in [-0.25, -0.2) is 0 Å². The fourth-order valence-electron chi connectivity index (χ4n) is 3.94. The molecule has 1 atom stereocenters. The van der Waals surface area contributed by atoms with E-state index in [1.54, 1.807) is 0 Å². The second-order valence-corrected chi connectivity index (χ2v) is 6.69. The fourth-order valence-corrected chi connectivity index (χ4v) is 3.94. The van der Waals surface area contributed by atoms with Crippen LogP contribution in [0.5, 0.6) is 0 Å².